The highest BCUT2D eigenvalue weighted by Crippen LogP contribution is 2.32. The number of aryl methyl sites for hydroxylation is 1. The normalized spacial score (nSPS) is 13.2. The van der Waals surface area contributed by atoms with Gasteiger partial charge < -0.3 is 14.8 Å². The molecular formula is C26H31NO3. The average Bonchev–Trinajstić information content (AvgIpc) is 2.73. The van der Waals surface area contributed by atoms with Gasteiger partial charge in [-0.1, -0.05) is 50.2 Å². The van der Waals surface area contributed by atoms with Crippen LogP contribution in [0.5, 0.6) is 11.5 Å². The monoisotopic (exact) mass is 405 g/mol. The second kappa shape index (κ2) is 9.21. The van der Waals surface area contributed by atoms with Gasteiger partial charge in [0.05, 0.1) is 13.2 Å². The van der Waals surface area contributed by atoms with Crippen molar-refractivity contribution in [3.63, 3.8) is 0 Å². The van der Waals surface area contributed by atoms with Crippen molar-refractivity contribution in [3.8, 4) is 11.5 Å². The van der Waals surface area contributed by atoms with E-state index in [0.717, 1.165) is 33.2 Å². The molecule has 1 amide bonds. The number of rotatable bonds is 7. The van der Waals surface area contributed by atoms with Gasteiger partial charge in [-0.2, -0.15) is 0 Å². The lowest BCUT2D eigenvalue weighted by Gasteiger charge is -2.23. The molecule has 0 aliphatic rings. The molecule has 158 valence electrons. The predicted octanol–water partition coefficient (Wildman–Crippen LogP) is 5.92. The fourth-order valence-electron chi connectivity index (χ4n) is 3.76. The molecule has 0 aliphatic heterocycles. The van der Waals surface area contributed by atoms with E-state index in [1.54, 1.807) is 14.0 Å². The van der Waals surface area contributed by atoms with Crippen molar-refractivity contribution in [3.05, 3.63) is 71.3 Å². The maximum atomic E-state index is 12.9. The lowest BCUT2D eigenvalue weighted by molar-refractivity contribution is -0.127. The number of hydrogen-bond donors (Lipinski definition) is 1. The summed E-state index contributed by atoms with van der Waals surface area (Å²) in [5.74, 6) is 1.79. The van der Waals surface area contributed by atoms with E-state index in [2.05, 4.69) is 25.2 Å². The van der Waals surface area contributed by atoms with Crippen molar-refractivity contribution >= 4 is 16.7 Å². The number of ether oxygens (including phenoxy) is 2. The minimum absolute atomic E-state index is 0.139. The van der Waals surface area contributed by atoms with E-state index >= 15 is 0 Å². The standard InChI is InChI=1S/C26H31NO3/c1-16(2)22-15-23(17(3)14-25(22)29-6)18(4)27-26(28)19(5)30-24-13-9-11-20-10-7-8-12-21(20)24/h7-16,18-19H,1-6H3,(H,27,28)/t18-,19-/m1/s1. The first-order valence-corrected chi connectivity index (χ1v) is 10.4. The Bertz CT molecular complexity index is 1040. The highest BCUT2D eigenvalue weighted by Gasteiger charge is 2.21. The molecule has 3 rings (SSSR count). The van der Waals surface area contributed by atoms with Crippen molar-refractivity contribution in [2.45, 2.75) is 52.7 Å². The Labute approximate surface area is 179 Å². The number of amides is 1. The van der Waals surface area contributed by atoms with Crippen LogP contribution in [-0.4, -0.2) is 19.1 Å². The van der Waals surface area contributed by atoms with Crippen LogP contribution in [0.25, 0.3) is 10.8 Å². The quantitative estimate of drug-likeness (QED) is 0.530. The molecule has 0 unspecified atom stereocenters. The molecule has 0 bridgehead atoms. The summed E-state index contributed by atoms with van der Waals surface area (Å²) in [4.78, 5) is 12.9. The van der Waals surface area contributed by atoms with Crippen LogP contribution in [0.4, 0.5) is 0 Å². The van der Waals surface area contributed by atoms with Gasteiger partial charge in [0.2, 0.25) is 0 Å². The third kappa shape index (κ3) is 4.59. The van der Waals surface area contributed by atoms with Gasteiger partial charge in [-0.3, -0.25) is 4.79 Å². The molecule has 0 aliphatic carbocycles. The lowest BCUT2D eigenvalue weighted by atomic mass is 9.93. The number of benzene rings is 3. The molecule has 3 aromatic rings. The van der Waals surface area contributed by atoms with Gasteiger partial charge in [-0.15, -0.1) is 0 Å². The van der Waals surface area contributed by atoms with Gasteiger partial charge in [-0.05, 0) is 67.0 Å². The topological polar surface area (TPSA) is 47.6 Å². The molecule has 0 heterocycles. The van der Waals surface area contributed by atoms with Crippen LogP contribution >= 0.6 is 0 Å². The molecule has 2 atom stereocenters. The summed E-state index contributed by atoms with van der Waals surface area (Å²) in [5, 5.41) is 5.19. The van der Waals surface area contributed by atoms with Crippen LogP contribution in [0, 0.1) is 6.92 Å². The van der Waals surface area contributed by atoms with Crippen LogP contribution in [0.1, 0.15) is 56.3 Å². The van der Waals surface area contributed by atoms with Crippen LogP contribution in [0.15, 0.2) is 54.6 Å². The van der Waals surface area contributed by atoms with E-state index in [-0.39, 0.29) is 11.9 Å². The molecule has 4 nitrogen and oxygen atoms in total. The summed E-state index contributed by atoms with van der Waals surface area (Å²) < 4.78 is 11.6. The molecule has 4 heteroatoms. The zero-order chi connectivity index (χ0) is 21.8. The highest BCUT2D eigenvalue weighted by molar-refractivity contribution is 5.89. The summed E-state index contributed by atoms with van der Waals surface area (Å²) in [6, 6.07) is 17.9. The summed E-state index contributed by atoms with van der Waals surface area (Å²) >= 11 is 0. The second-order valence-corrected chi connectivity index (χ2v) is 8.07. The second-order valence-electron chi connectivity index (χ2n) is 8.07. The van der Waals surface area contributed by atoms with Gasteiger partial charge >= 0.3 is 0 Å². The van der Waals surface area contributed by atoms with Crippen molar-refractivity contribution in [2.75, 3.05) is 7.11 Å². The molecule has 30 heavy (non-hydrogen) atoms. The lowest BCUT2D eigenvalue weighted by Crippen LogP contribution is -2.38. The molecular weight excluding hydrogens is 374 g/mol. The average molecular weight is 406 g/mol. The maximum Gasteiger partial charge on any atom is 0.261 e. The largest absolute Gasteiger partial charge is 0.496 e. The highest BCUT2D eigenvalue weighted by atomic mass is 16.5. The minimum atomic E-state index is -0.610. The zero-order valence-corrected chi connectivity index (χ0v) is 18.7. The number of fused-ring (bicyclic) bond motifs is 1. The Morgan fingerprint density at radius 1 is 0.900 bits per heavy atom. The Morgan fingerprint density at radius 3 is 2.30 bits per heavy atom. The van der Waals surface area contributed by atoms with E-state index in [4.69, 9.17) is 9.47 Å². The fourth-order valence-corrected chi connectivity index (χ4v) is 3.76. The SMILES string of the molecule is COc1cc(C)c([C@@H](C)NC(=O)[C@@H](C)Oc2cccc3ccccc23)cc1C(C)C. The summed E-state index contributed by atoms with van der Waals surface area (Å²) in [7, 11) is 1.69. The van der Waals surface area contributed by atoms with Crippen LogP contribution in [0.2, 0.25) is 0 Å². The zero-order valence-electron chi connectivity index (χ0n) is 18.7. The first-order valence-electron chi connectivity index (χ1n) is 10.4. The van der Waals surface area contributed by atoms with E-state index in [1.807, 2.05) is 62.4 Å². The van der Waals surface area contributed by atoms with Crippen LogP contribution in [-0.2, 0) is 4.79 Å². The summed E-state index contributed by atoms with van der Waals surface area (Å²) in [6.07, 6.45) is -0.610. The number of hydrogen-bond acceptors (Lipinski definition) is 3. The Morgan fingerprint density at radius 2 is 1.60 bits per heavy atom. The van der Waals surface area contributed by atoms with E-state index < -0.39 is 6.10 Å². The molecule has 1 N–H and O–H groups in total. The minimum Gasteiger partial charge on any atom is -0.496 e. The van der Waals surface area contributed by atoms with Crippen molar-refractivity contribution in [1.29, 1.82) is 0 Å². The van der Waals surface area contributed by atoms with Crippen LogP contribution in [0.3, 0.4) is 0 Å². The van der Waals surface area contributed by atoms with E-state index in [1.165, 1.54) is 0 Å². The number of methoxy groups -OCH3 is 1. The molecule has 0 aromatic heterocycles. The third-order valence-electron chi connectivity index (χ3n) is 5.49. The number of nitrogens with one attached hydrogen (secondary N) is 1. The fraction of sp³-hybridized carbons (Fsp3) is 0.346. The van der Waals surface area contributed by atoms with Crippen molar-refractivity contribution in [1.82, 2.24) is 5.32 Å². The molecule has 3 aromatic carbocycles. The predicted molar refractivity (Wildman–Crippen MR) is 122 cm³/mol. The van der Waals surface area contributed by atoms with Gasteiger partial charge in [0.1, 0.15) is 11.5 Å². The molecule has 0 radical (unpaired) electrons. The number of carbonyl (C=O) groups excluding carboxylic acids is 1. The summed E-state index contributed by atoms with van der Waals surface area (Å²) in [5.41, 5.74) is 3.32. The van der Waals surface area contributed by atoms with Crippen molar-refractivity contribution < 1.29 is 14.3 Å². The number of carbonyl (C=O) groups is 1. The van der Waals surface area contributed by atoms with Gasteiger partial charge in [0.25, 0.3) is 5.91 Å². The maximum absolute atomic E-state index is 12.9. The first kappa shape index (κ1) is 21.7. The van der Waals surface area contributed by atoms with Crippen molar-refractivity contribution in [2.24, 2.45) is 0 Å². The van der Waals surface area contributed by atoms with E-state index in [0.29, 0.717) is 11.7 Å². The molecule has 0 saturated heterocycles. The van der Waals surface area contributed by atoms with Gasteiger partial charge in [0.15, 0.2) is 6.10 Å². The first-order chi connectivity index (χ1) is 14.3. The molecule has 0 fully saturated rings. The molecule has 0 saturated carbocycles. The summed E-state index contributed by atoms with van der Waals surface area (Å²) in [6.45, 7) is 10.1. The van der Waals surface area contributed by atoms with E-state index in [9.17, 15) is 4.79 Å². The van der Waals surface area contributed by atoms with Crippen LogP contribution < -0.4 is 14.8 Å². The Kier molecular flexibility index (Phi) is 6.66. The Balaban J connectivity index is 1.76. The smallest absolute Gasteiger partial charge is 0.261 e. The van der Waals surface area contributed by atoms with Gasteiger partial charge in [0, 0.05) is 5.39 Å². The third-order valence-corrected chi connectivity index (χ3v) is 5.49. The molecule has 0 spiro atoms. The van der Waals surface area contributed by atoms with Gasteiger partial charge in [-0.25, -0.2) is 0 Å². The Hall–Kier alpha value is -3.01.